The van der Waals surface area contributed by atoms with Crippen LogP contribution in [-0.4, -0.2) is 0 Å². The van der Waals surface area contributed by atoms with Gasteiger partial charge in [-0.3, -0.25) is 0 Å². The van der Waals surface area contributed by atoms with Gasteiger partial charge in [0.2, 0.25) is 0 Å². The Morgan fingerprint density at radius 3 is 1.31 bits per heavy atom. The molecule has 2 heterocycles. The third-order valence-electron chi connectivity index (χ3n) is 2.31. The van der Waals surface area contributed by atoms with Crippen LogP contribution in [0.15, 0.2) is 49.1 Å². The van der Waals surface area contributed by atoms with Crippen LogP contribution in [0.1, 0.15) is 11.1 Å². The van der Waals surface area contributed by atoms with Crippen molar-refractivity contribution in [2.75, 3.05) is 0 Å². The van der Waals surface area contributed by atoms with Crippen molar-refractivity contribution >= 4 is 0 Å². The van der Waals surface area contributed by atoms with Crippen molar-refractivity contribution in [3.8, 4) is 11.8 Å². The highest BCUT2D eigenvalue weighted by Crippen LogP contribution is 1.95. The van der Waals surface area contributed by atoms with Crippen molar-refractivity contribution in [2.24, 2.45) is 14.1 Å². The highest BCUT2D eigenvalue weighted by molar-refractivity contribution is 5.40. The maximum absolute atomic E-state index is 3.14. The summed E-state index contributed by atoms with van der Waals surface area (Å²) >= 11 is 0. The molecule has 0 aliphatic rings. The highest BCUT2D eigenvalue weighted by Gasteiger charge is 1.93. The molecule has 0 radical (unpaired) electrons. The summed E-state index contributed by atoms with van der Waals surface area (Å²) in [7, 11) is 3.99. The van der Waals surface area contributed by atoms with E-state index in [4.69, 9.17) is 0 Å². The van der Waals surface area contributed by atoms with Gasteiger partial charge in [0.25, 0.3) is 0 Å². The van der Waals surface area contributed by atoms with E-state index in [9.17, 15) is 0 Å². The zero-order chi connectivity index (χ0) is 11.4. The quantitative estimate of drug-likeness (QED) is 0.447. The molecule has 0 aromatic carbocycles. The summed E-state index contributed by atoms with van der Waals surface area (Å²) in [5.74, 6) is 6.27. The molecule has 0 fully saturated rings. The average molecular weight is 210 g/mol. The van der Waals surface area contributed by atoms with E-state index in [1.165, 1.54) is 0 Å². The number of rotatable bonds is 0. The van der Waals surface area contributed by atoms with E-state index in [1.54, 1.807) is 0 Å². The third-order valence-corrected chi connectivity index (χ3v) is 2.31. The van der Waals surface area contributed by atoms with Crippen LogP contribution in [0.4, 0.5) is 0 Å². The first-order valence-electron chi connectivity index (χ1n) is 5.17. The minimum absolute atomic E-state index is 1.03. The molecule has 0 N–H and O–H groups in total. The van der Waals surface area contributed by atoms with E-state index in [2.05, 4.69) is 11.8 Å². The maximum Gasteiger partial charge on any atom is 0.169 e. The largest absolute Gasteiger partial charge is 0.208 e. The van der Waals surface area contributed by atoms with Crippen molar-refractivity contribution in [1.82, 2.24) is 0 Å². The number of nitrogens with zero attached hydrogens (tertiary/aromatic N) is 2. The van der Waals surface area contributed by atoms with E-state index in [1.807, 2.05) is 72.3 Å². The van der Waals surface area contributed by atoms with Gasteiger partial charge in [-0.15, -0.1) is 0 Å². The molecule has 2 rings (SSSR count). The number of aromatic nitrogens is 2. The Morgan fingerprint density at radius 2 is 1.00 bits per heavy atom. The second kappa shape index (κ2) is 4.59. The van der Waals surface area contributed by atoms with E-state index in [0.29, 0.717) is 0 Å². The summed E-state index contributed by atoms with van der Waals surface area (Å²) in [5.41, 5.74) is 2.07. The summed E-state index contributed by atoms with van der Waals surface area (Å²) in [6.45, 7) is 0. The zero-order valence-electron chi connectivity index (χ0n) is 9.51. The predicted molar refractivity (Wildman–Crippen MR) is 61.2 cm³/mol. The lowest BCUT2D eigenvalue weighted by Crippen LogP contribution is -2.25. The summed E-state index contributed by atoms with van der Waals surface area (Å²) in [4.78, 5) is 0. The van der Waals surface area contributed by atoms with Gasteiger partial charge in [-0.2, -0.15) is 0 Å². The first-order valence-corrected chi connectivity index (χ1v) is 5.17. The topological polar surface area (TPSA) is 7.76 Å². The molecule has 0 atom stereocenters. The third kappa shape index (κ3) is 2.68. The molecule has 78 valence electrons. The van der Waals surface area contributed by atoms with Gasteiger partial charge in [0, 0.05) is 35.4 Å². The van der Waals surface area contributed by atoms with Crippen LogP contribution in [0, 0.1) is 11.8 Å². The minimum Gasteiger partial charge on any atom is -0.208 e. The van der Waals surface area contributed by atoms with Gasteiger partial charge in [-0.25, -0.2) is 9.13 Å². The van der Waals surface area contributed by atoms with E-state index >= 15 is 0 Å². The number of hydrogen-bond donors (Lipinski definition) is 0. The average Bonchev–Trinajstić information content (AvgIpc) is 2.30. The summed E-state index contributed by atoms with van der Waals surface area (Å²) < 4.78 is 3.99. The van der Waals surface area contributed by atoms with Crippen molar-refractivity contribution < 1.29 is 9.13 Å². The maximum atomic E-state index is 3.14. The van der Waals surface area contributed by atoms with Crippen molar-refractivity contribution in [3.05, 3.63) is 60.2 Å². The Hall–Kier alpha value is -2.14. The first-order chi connectivity index (χ1) is 7.74. The van der Waals surface area contributed by atoms with Gasteiger partial charge >= 0.3 is 0 Å². The van der Waals surface area contributed by atoms with Gasteiger partial charge in [0.15, 0.2) is 24.8 Å². The molecule has 0 aliphatic carbocycles. The summed E-state index contributed by atoms with van der Waals surface area (Å²) in [6.07, 6.45) is 7.98. The predicted octanol–water partition coefficient (Wildman–Crippen LogP) is 0.735. The Morgan fingerprint density at radius 1 is 0.688 bits per heavy atom. The summed E-state index contributed by atoms with van der Waals surface area (Å²) in [5, 5.41) is 0. The molecule has 2 aromatic rings. The van der Waals surface area contributed by atoms with Crippen molar-refractivity contribution in [3.63, 3.8) is 0 Å². The minimum atomic E-state index is 1.03. The Balaban J connectivity index is 2.21. The number of hydrogen-bond acceptors (Lipinski definition) is 0. The molecule has 0 saturated carbocycles. The monoisotopic (exact) mass is 210 g/mol. The Kier molecular flexibility index (Phi) is 2.98. The van der Waals surface area contributed by atoms with Gasteiger partial charge in [0.1, 0.15) is 14.1 Å². The van der Waals surface area contributed by atoms with E-state index in [0.717, 1.165) is 11.1 Å². The standard InChI is InChI=1S/C14H14N2/c1-15-9-5-13(6-10-15)3-4-14-7-11-16(2)12-8-14/h5-12H,1-2H3/q+2. The van der Waals surface area contributed by atoms with Crippen LogP contribution in [0.5, 0.6) is 0 Å². The second-order valence-corrected chi connectivity index (χ2v) is 3.75. The normalized spacial score (nSPS) is 9.38. The molecule has 2 nitrogen and oxygen atoms in total. The lowest BCUT2D eigenvalue weighted by Gasteiger charge is -1.89. The van der Waals surface area contributed by atoms with Crippen molar-refractivity contribution in [2.45, 2.75) is 0 Å². The molecule has 0 spiro atoms. The van der Waals surface area contributed by atoms with Crippen LogP contribution in [0.2, 0.25) is 0 Å². The highest BCUT2D eigenvalue weighted by atomic mass is 14.9. The van der Waals surface area contributed by atoms with Gasteiger partial charge in [0.05, 0.1) is 0 Å². The molecule has 0 amide bonds. The molecule has 0 saturated heterocycles. The van der Waals surface area contributed by atoms with Crippen LogP contribution >= 0.6 is 0 Å². The fraction of sp³-hybridized carbons (Fsp3) is 0.143. The molecule has 0 aliphatic heterocycles. The van der Waals surface area contributed by atoms with Crippen LogP contribution in [0.25, 0.3) is 0 Å². The van der Waals surface area contributed by atoms with Crippen LogP contribution in [-0.2, 0) is 14.1 Å². The Labute approximate surface area is 95.8 Å². The molecule has 0 unspecified atom stereocenters. The van der Waals surface area contributed by atoms with Crippen LogP contribution in [0.3, 0.4) is 0 Å². The fourth-order valence-electron chi connectivity index (χ4n) is 1.31. The van der Waals surface area contributed by atoms with E-state index in [-0.39, 0.29) is 0 Å². The SMILES string of the molecule is C[n+]1ccc(C#Cc2cc[n+](C)cc2)cc1. The van der Waals surface area contributed by atoms with E-state index < -0.39 is 0 Å². The smallest absolute Gasteiger partial charge is 0.169 e. The first kappa shape index (κ1) is 10.4. The lowest BCUT2D eigenvalue weighted by molar-refractivity contribution is -0.671. The number of aryl methyl sites for hydroxylation is 2. The van der Waals surface area contributed by atoms with Crippen LogP contribution < -0.4 is 9.13 Å². The summed E-state index contributed by atoms with van der Waals surface area (Å²) in [6, 6.07) is 8.04. The molecule has 16 heavy (non-hydrogen) atoms. The Bertz CT molecular complexity index is 478. The number of pyridine rings is 2. The molecule has 2 heteroatoms. The van der Waals surface area contributed by atoms with Gasteiger partial charge in [-0.1, -0.05) is 11.8 Å². The second-order valence-electron chi connectivity index (χ2n) is 3.75. The molecular weight excluding hydrogens is 196 g/mol. The molecular formula is C14H14N2+2. The molecule has 0 bridgehead atoms. The van der Waals surface area contributed by atoms with Crippen molar-refractivity contribution in [1.29, 1.82) is 0 Å². The fourth-order valence-corrected chi connectivity index (χ4v) is 1.31. The zero-order valence-corrected chi connectivity index (χ0v) is 9.51. The molecule has 2 aromatic heterocycles. The lowest BCUT2D eigenvalue weighted by atomic mass is 10.2. The van der Waals surface area contributed by atoms with Gasteiger partial charge < -0.3 is 0 Å². The van der Waals surface area contributed by atoms with Gasteiger partial charge in [-0.05, 0) is 0 Å².